The van der Waals surface area contributed by atoms with E-state index in [9.17, 15) is 14.9 Å². The molecule has 0 bridgehead atoms. The van der Waals surface area contributed by atoms with Gasteiger partial charge in [0, 0.05) is 17.3 Å². The minimum atomic E-state index is -0.659. The molecular formula is C17H15N5O3S. The van der Waals surface area contributed by atoms with Crippen LogP contribution in [0.4, 0.5) is 11.4 Å². The molecule has 0 aromatic heterocycles. The Hall–Kier alpha value is -3.07. The van der Waals surface area contributed by atoms with E-state index >= 15 is 0 Å². The zero-order chi connectivity index (χ0) is 18.3. The minimum Gasteiger partial charge on any atom is -0.360 e. The van der Waals surface area contributed by atoms with Gasteiger partial charge in [-0.15, -0.1) is 5.10 Å². The lowest BCUT2D eigenvalue weighted by Gasteiger charge is -2.43. The number of amides is 1. The van der Waals surface area contributed by atoms with Crippen molar-refractivity contribution >= 4 is 34.2 Å². The van der Waals surface area contributed by atoms with Crippen LogP contribution in [0.15, 0.2) is 53.6 Å². The van der Waals surface area contributed by atoms with E-state index in [0.29, 0.717) is 10.7 Å². The summed E-state index contributed by atoms with van der Waals surface area (Å²) in [6.45, 7) is 0. The van der Waals surface area contributed by atoms with E-state index in [-0.39, 0.29) is 11.6 Å². The Morgan fingerprint density at radius 1 is 1.15 bits per heavy atom. The quantitative estimate of drug-likeness (QED) is 0.624. The van der Waals surface area contributed by atoms with Crippen molar-refractivity contribution in [2.45, 2.75) is 12.2 Å². The van der Waals surface area contributed by atoms with Crippen LogP contribution >= 0.6 is 11.8 Å². The molecule has 2 aliphatic rings. The summed E-state index contributed by atoms with van der Waals surface area (Å²) in [5, 5.41) is 24.2. The summed E-state index contributed by atoms with van der Waals surface area (Å²) in [4.78, 5) is 23.8. The number of carbonyl (C=O) groups excluding carboxylic acids is 1. The summed E-state index contributed by atoms with van der Waals surface area (Å²) in [5.41, 5.74) is 1.98. The maximum Gasteiger partial charge on any atom is 0.276 e. The van der Waals surface area contributed by atoms with Crippen LogP contribution in [0.5, 0.6) is 0 Å². The van der Waals surface area contributed by atoms with Crippen LogP contribution in [0.2, 0.25) is 0 Å². The number of benzene rings is 2. The highest BCUT2D eigenvalue weighted by Crippen LogP contribution is 2.44. The van der Waals surface area contributed by atoms with Gasteiger partial charge in [-0.2, -0.15) is 0 Å². The predicted molar refractivity (Wildman–Crippen MR) is 99.6 cm³/mol. The van der Waals surface area contributed by atoms with Gasteiger partial charge in [-0.05, 0) is 18.4 Å². The van der Waals surface area contributed by atoms with Crippen molar-refractivity contribution in [2.75, 3.05) is 11.6 Å². The molecule has 0 saturated carbocycles. The number of carbonyl (C=O) groups is 1. The van der Waals surface area contributed by atoms with Crippen LogP contribution in [0, 0.1) is 10.1 Å². The number of rotatable bonds is 2. The molecule has 2 aliphatic heterocycles. The van der Waals surface area contributed by atoms with Crippen LogP contribution in [-0.4, -0.2) is 27.3 Å². The van der Waals surface area contributed by atoms with E-state index < -0.39 is 17.1 Å². The van der Waals surface area contributed by atoms with Crippen molar-refractivity contribution in [3.05, 3.63) is 69.8 Å². The van der Waals surface area contributed by atoms with Crippen LogP contribution in [0.1, 0.15) is 23.3 Å². The molecule has 1 amide bonds. The second-order valence-corrected chi connectivity index (χ2v) is 6.63. The number of fused-ring (bicyclic) bond motifs is 3. The van der Waals surface area contributed by atoms with Gasteiger partial charge in [-0.25, -0.2) is 0 Å². The Bertz CT molecular complexity index is 932. The molecular weight excluding hydrogens is 354 g/mol. The van der Waals surface area contributed by atoms with Crippen molar-refractivity contribution < 1.29 is 9.72 Å². The van der Waals surface area contributed by atoms with Crippen LogP contribution < -0.4 is 10.6 Å². The molecule has 2 N–H and O–H groups in total. The highest BCUT2D eigenvalue weighted by atomic mass is 32.2. The monoisotopic (exact) mass is 369 g/mol. The molecule has 2 heterocycles. The summed E-state index contributed by atoms with van der Waals surface area (Å²) in [6.07, 6.45) is 1.18. The number of nitrogens with one attached hydrogen (secondary N) is 2. The standard InChI is InChI=1S/C17H15N5O3S/c1-26-17-19-16(23)14-10-6-2-4-8-12(10)18-15(21(14)20-17)11-7-3-5-9-13(11)22(24)25/h2-9,14-15,18H,1H3,(H,19,20,23)/t14-,15-/m0/s1. The summed E-state index contributed by atoms with van der Waals surface area (Å²) < 4.78 is 0. The second kappa shape index (κ2) is 6.34. The third-order valence-electron chi connectivity index (χ3n) is 4.38. The lowest BCUT2D eigenvalue weighted by atomic mass is 9.97. The molecule has 2 aromatic carbocycles. The van der Waals surface area contributed by atoms with Crippen molar-refractivity contribution in [3.63, 3.8) is 0 Å². The molecule has 0 radical (unpaired) electrons. The van der Waals surface area contributed by atoms with Crippen molar-refractivity contribution in [3.8, 4) is 0 Å². The number of hydrogen-bond acceptors (Lipinski definition) is 7. The molecule has 4 rings (SSSR count). The number of nitro groups is 1. The number of anilines is 1. The number of hydrazone groups is 1. The Morgan fingerprint density at radius 2 is 1.85 bits per heavy atom. The first-order valence-electron chi connectivity index (χ1n) is 7.90. The van der Waals surface area contributed by atoms with Gasteiger partial charge in [0.15, 0.2) is 11.2 Å². The zero-order valence-electron chi connectivity index (χ0n) is 13.7. The lowest BCUT2D eigenvalue weighted by Crippen LogP contribution is -2.50. The molecule has 9 heteroatoms. The van der Waals surface area contributed by atoms with Gasteiger partial charge >= 0.3 is 0 Å². The number of amidine groups is 1. The average molecular weight is 369 g/mol. The number of thioether (sulfide) groups is 1. The normalized spacial score (nSPS) is 21.0. The molecule has 0 aliphatic carbocycles. The van der Waals surface area contributed by atoms with E-state index in [4.69, 9.17) is 0 Å². The Balaban J connectivity index is 1.90. The van der Waals surface area contributed by atoms with E-state index in [0.717, 1.165) is 11.3 Å². The highest BCUT2D eigenvalue weighted by molar-refractivity contribution is 8.13. The molecule has 2 atom stereocenters. The number of para-hydroxylation sites is 2. The van der Waals surface area contributed by atoms with Crippen molar-refractivity contribution in [1.29, 1.82) is 0 Å². The molecule has 2 aromatic rings. The fraction of sp³-hybridized carbons (Fsp3) is 0.176. The van der Waals surface area contributed by atoms with E-state index in [1.807, 2.05) is 30.5 Å². The van der Waals surface area contributed by atoms with Crippen molar-refractivity contribution in [2.24, 2.45) is 5.10 Å². The maximum atomic E-state index is 12.7. The second-order valence-electron chi connectivity index (χ2n) is 5.83. The lowest BCUT2D eigenvalue weighted by molar-refractivity contribution is -0.386. The Kier molecular flexibility index (Phi) is 4.00. The predicted octanol–water partition coefficient (Wildman–Crippen LogP) is 2.83. The van der Waals surface area contributed by atoms with E-state index in [1.165, 1.54) is 17.8 Å². The third kappa shape index (κ3) is 2.57. The smallest absolute Gasteiger partial charge is 0.276 e. The molecule has 0 spiro atoms. The molecule has 0 unspecified atom stereocenters. The number of nitrogens with zero attached hydrogens (tertiary/aromatic N) is 3. The first-order chi connectivity index (χ1) is 12.6. The van der Waals surface area contributed by atoms with E-state index in [1.54, 1.807) is 23.2 Å². The maximum absolute atomic E-state index is 12.7. The van der Waals surface area contributed by atoms with Gasteiger partial charge in [0.2, 0.25) is 0 Å². The van der Waals surface area contributed by atoms with Gasteiger partial charge in [0.05, 0.1) is 10.5 Å². The fourth-order valence-corrected chi connectivity index (χ4v) is 3.63. The van der Waals surface area contributed by atoms with Gasteiger partial charge in [-0.1, -0.05) is 42.1 Å². The summed E-state index contributed by atoms with van der Waals surface area (Å²) in [5.74, 6) is -0.207. The summed E-state index contributed by atoms with van der Waals surface area (Å²) in [7, 11) is 0. The number of hydrogen-bond donors (Lipinski definition) is 2. The van der Waals surface area contributed by atoms with Gasteiger partial charge < -0.3 is 10.6 Å². The van der Waals surface area contributed by atoms with Crippen LogP contribution in [0.3, 0.4) is 0 Å². The molecule has 132 valence electrons. The zero-order valence-corrected chi connectivity index (χ0v) is 14.6. The Morgan fingerprint density at radius 3 is 2.58 bits per heavy atom. The summed E-state index contributed by atoms with van der Waals surface area (Å²) >= 11 is 1.31. The molecule has 26 heavy (non-hydrogen) atoms. The topological polar surface area (TPSA) is 99.9 Å². The number of nitro benzene ring substituents is 1. The van der Waals surface area contributed by atoms with Crippen LogP contribution in [0.25, 0.3) is 0 Å². The molecule has 0 fully saturated rings. The highest BCUT2D eigenvalue weighted by Gasteiger charge is 2.43. The Labute approximate surface area is 153 Å². The van der Waals surface area contributed by atoms with E-state index in [2.05, 4.69) is 15.7 Å². The third-order valence-corrected chi connectivity index (χ3v) is 4.95. The van der Waals surface area contributed by atoms with Gasteiger partial charge in [0.1, 0.15) is 6.17 Å². The van der Waals surface area contributed by atoms with Gasteiger partial charge in [-0.3, -0.25) is 19.9 Å². The largest absolute Gasteiger partial charge is 0.360 e. The first kappa shape index (κ1) is 16.4. The van der Waals surface area contributed by atoms with Crippen LogP contribution in [-0.2, 0) is 4.79 Å². The SMILES string of the molecule is CSC1=NN2[C@@H](c3ccccc3[N+](=O)[O-])Nc3ccccc3[C@H]2C(=O)N1. The summed E-state index contributed by atoms with van der Waals surface area (Å²) in [6, 6.07) is 13.3. The molecule has 8 nitrogen and oxygen atoms in total. The van der Waals surface area contributed by atoms with Crippen molar-refractivity contribution in [1.82, 2.24) is 10.3 Å². The first-order valence-corrected chi connectivity index (χ1v) is 9.13. The molecule has 0 saturated heterocycles. The van der Waals surface area contributed by atoms with Gasteiger partial charge in [0.25, 0.3) is 11.6 Å². The average Bonchev–Trinajstić information content (AvgIpc) is 2.66. The fourth-order valence-electron chi connectivity index (χ4n) is 3.25. The minimum absolute atomic E-state index is 0.0185.